The first kappa shape index (κ1) is 11.9. The van der Waals surface area contributed by atoms with Crippen molar-refractivity contribution in [3.63, 3.8) is 0 Å². The molecule has 1 aromatic rings. The summed E-state index contributed by atoms with van der Waals surface area (Å²) >= 11 is 5.91. The lowest BCUT2D eigenvalue weighted by Crippen LogP contribution is -2.39. The molecule has 0 saturated carbocycles. The second-order valence-corrected chi connectivity index (χ2v) is 4.19. The third kappa shape index (κ3) is 1.77. The molecular weight excluding hydrogens is 249 g/mol. The standard InChI is InChI=1S/C11H9ClFNO3/c1-11(6(10(15)16)5-17-14-11)9-7(12)3-2-4-8(9)13/h2-5,14H,1H3,(H,15,16)/t11-/m1/s1. The first-order chi connectivity index (χ1) is 7.97. The van der Waals surface area contributed by atoms with Crippen LogP contribution in [0, 0.1) is 5.82 Å². The number of rotatable bonds is 2. The van der Waals surface area contributed by atoms with Crippen LogP contribution in [0.25, 0.3) is 0 Å². The molecular formula is C11H9ClFNO3. The van der Waals surface area contributed by atoms with Gasteiger partial charge in [0.05, 0.1) is 0 Å². The predicted octanol–water partition coefficient (Wildman–Crippen LogP) is 2.20. The fourth-order valence-electron chi connectivity index (χ4n) is 1.80. The number of hydroxylamine groups is 1. The van der Waals surface area contributed by atoms with Gasteiger partial charge in [-0.15, -0.1) is 5.48 Å². The highest BCUT2D eigenvalue weighted by Crippen LogP contribution is 2.38. The van der Waals surface area contributed by atoms with Gasteiger partial charge in [-0.05, 0) is 19.1 Å². The molecule has 1 aliphatic rings. The summed E-state index contributed by atoms with van der Waals surface area (Å²) in [4.78, 5) is 15.8. The van der Waals surface area contributed by atoms with Crippen LogP contribution < -0.4 is 5.48 Å². The Hall–Kier alpha value is -1.59. The average molecular weight is 258 g/mol. The van der Waals surface area contributed by atoms with Crippen molar-refractivity contribution in [2.24, 2.45) is 0 Å². The van der Waals surface area contributed by atoms with Crippen LogP contribution in [0.2, 0.25) is 5.02 Å². The minimum Gasteiger partial charge on any atom is -0.478 e. The molecule has 2 rings (SSSR count). The van der Waals surface area contributed by atoms with Crippen LogP contribution in [0.1, 0.15) is 12.5 Å². The van der Waals surface area contributed by atoms with Crippen LogP contribution in [0.4, 0.5) is 4.39 Å². The van der Waals surface area contributed by atoms with E-state index in [1.54, 1.807) is 0 Å². The normalized spacial score (nSPS) is 23.1. The van der Waals surface area contributed by atoms with E-state index in [0.717, 1.165) is 6.26 Å². The zero-order chi connectivity index (χ0) is 12.6. The van der Waals surface area contributed by atoms with Gasteiger partial charge in [0.15, 0.2) is 0 Å². The third-order valence-corrected chi connectivity index (χ3v) is 2.99. The van der Waals surface area contributed by atoms with Gasteiger partial charge in [0.2, 0.25) is 0 Å². The topological polar surface area (TPSA) is 58.6 Å². The summed E-state index contributed by atoms with van der Waals surface area (Å²) in [6.07, 6.45) is 1.03. The van der Waals surface area contributed by atoms with Crippen LogP contribution in [0.5, 0.6) is 0 Å². The molecule has 0 unspecified atom stereocenters. The van der Waals surface area contributed by atoms with Gasteiger partial charge in [-0.25, -0.2) is 9.18 Å². The number of halogens is 2. The molecule has 17 heavy (non-hydrogen) atoms. The summed E-state index contributed by atoms with van der Waals surface area (Å²) in [5.41, 5.74) is 1.10. The Morgan fingerprint density at radius 1 is 1.59 bits per heavy atom. The molecule has 6 heteroatoms. The van der Waals surface area contributed by atoms with Gasteiger partial charge < -0.3 is 9.94 Å². The minimum absolute atomic E-state index is 0.0489. The number of carboxylic acid groups (broad SMARTS) is 1. The average Bonchev–Trinajstić information content (AvgIpc) is 2.60. The van der Waals surface area contributed by atoms with Crippen molar-refractivity contribution in [3.05, 3.63) is 46.4 Å². The van der Waals surface area contributed by atoms with Gasteiger partial charge in [-0.2, -0.15) is 0 Å². The van der Waals surface area contributed by atoms with E-state index < -0.39 is 17.3 Å². The summed E-state index contributed by atoms with van der Waals surface area (Å²) in [5.74, 6) is -1.79. The molecule has 1 aromatic carbocycles. The molecule has 0 radical (unpaired) electrons. The largest absolute Gasteiger partial charge is 0.478 e. The van der Waals surface area contributed by atoms with Crippen molar-refractivity contribution in [1.29, 1.82) is 0 Å². The maximum atomic E-state index is 13.8. The first-order valence-electron chi connectivity index (χ1n) is 4.78. The van der Waals surface area contributed by atoms with Gasteiger partial charge in [0.25, 0.3) is 0 Å². The lowest BCUT2D eigenvalue weighted by molar-refractivity contribution is -0.133. The van der Waals surface area contributed by atoms with Crippen molar-refractivity contribution >= 4 is 17.6 Å². The van der Waals surface area contributed by atoms with Gasteiger partial charge in [-0.1, -0.05) is 17.7 Å². The molecule has 0 fully saturated rings. The Kier molecular flexibility index (Phi) is 2.81. The van der Waals surface area contributed by atoms with Crippen molar-refractivity contribution in [3.8, 4) is 0 Å². The number of carboxylic acids is 1. The van der Waals surface area contributed by atoms with Crippen molar-refractivity contribution in [2.75, 3.05) is 0 Å². The Balaban J connectivity index is 2.60. The quantitative estimate of drug-likeness (QED) is 0.853. The SMILES string of the molecule is C[C@@]1(c2c(F)cccc2Cl)NOC=C1C(=O)O. The molecule has 1 atom stereocenters. The molecule has 0 bridgehead atoms. The maximum Gasteiger partial charge on any atom is 0.337 e. The second-order valence-electron chi connectivity index (χ2n) is 3.78. The first-order valence-corrected chi connectivity index (χ1v) is 5.16. The van der Waals surface area contributed by atoms with E-state index in [9.17, 15) is 9.18 Å². The van der Waals surface area contributed by atoms with E-state index in [2.05, 4.69) is 5.48 Å². The third-order valence-electron chi connectivity index (χ3n) is 2.67. The summed E-state index contributed by atoms with van der Waals surface area (Å²) in [6.45, 7) is 1.49. The van der Waals surface area contributed by atoms with E-state index in [-0.39, 0.29) is 16.2 Å². The van der Waals surface area contributed by atoms with E-state index in [0.29, 0.717) is 0 Å². The lowest BCUT2D eigenvalue weighted by Gasteiger charge is -2.25. The van der Waals surface area contributed by atoms with Crippen molar-refractivity contribution in [1.82, 2.24) is 5.48 Å². The Bertz CT molecular complexity index is 497. The summed E-state index contributed by atoms with van der Waals surface area (Å²) < 4.78 is 13.8. The number of nitrogens with one attached hydrogen (secondary N) is 1. The fourth-order valence-corrected chi connectivity index (χ4v) is 2.16. The highest BCUT2D eigenvalue weighted by atomic mass is 35.5. The Morgan fingerprint density at radius 2 is 2.29 bits per heavy atom. The molecule has 0 aromatic heterocycles. The zero-order valence-electron chi connectivity index (χ0n) is 8.83. The Morgan fingerprint density at radius 3 is 2.88 bits per heavy atom. The van der Waals surface area contributed by atoms with E-state index >= 15 is 0 Å². The van der Waals surface area contributed by atoms with Crippen molar-refractivity contribution in [2.45, 2.75) is 12.5 Å². The van der Waals surface area contributed by atoms with Crippen LogP contribution in [-0.2, 0) is 15.2 Å². The minimum atomic E-state index is -1.31. The molecule has 0 spiro atoms. The van der Waals surface area contributed by atoms with Crippen LogP contribution in [-0.4, -0.2) is 11.1 Å². The maximum absolute atomic E-state index is 13.8. The molecule has 1 aliphatic heterocycles. The molecule has 0 saturated heterocycles. The smallest absolute Gasteiger partial charge is 0.337 e. The summed E-state index contributed by atoms with van der Waals surface area (Å²) in [6, 6.07) is 4.15. The van der Waals surface area contributed by atoms with Gasteiger partial charge in [0, 0.05) is 10.6 Å². The number of hydrogen-bond acceptors (Lipinski definition) is 3. The number of hydrogen-bond donors (Lipinski definition) is 2. The van der Waals surface area contributed by atoms with Gasteiger partial charge >= 0.3 is 5.97 Å². The van der Waals surface area contributed by atoms with Crippen LogP contribution >= 0.6 is 11.6 Å². The Labute approximate surface area is 102 Å². The van der Waals surface area contributed by atoms with E-state index in [1.165, 1.54) is 25.1 Å². The summed E-state index contributed by atoms with van der Waals surface area (Å²) in [7, 11) is 0. The number of aliphatic carboxylic acids is 1. The van der Waals surface area contributed by atoms with Gasteiger partial charge in [0.1, 0.15) is 23.2 Å². The molecule has 0 amide bonds. The molecule has 4 nitrogen and oxygen atoms in total. The fraction of sp³-hybridized carbons (Fsp3) is 0.182. The molecule has 90 valence electrons. The zero-order valence-corrected chi connectivity index (χ0v) is 9.58. The van der Waals surface area contributed by atoms with Crippen LogP contribution in [0.15, 0.2) is 30.0 Å². The molecule has 1 heterocycles. The number of carbonyl (C=O) groups is 1. The molecule has 0 aliphatic carbocycles. The highest BCUT2D eigenvalue weighted by Gasteiger charge is 2.43. The van der Waals surface area contributed by atoms with E-state index in [1.807, 2.05) is 0 Å². The second kappa shape index (κ2) is 4.01. The van der Waals surface area contributed by atoms with Gasteiger partial charge in [-0.3, -0.25) is 0 Å². The summed E-state index contributed by atoms with van der Waals surface area (Å²) in [5, 5.41) is 9.17. The van der Waals surface area contributed by atoms with E-state index in [4.69, 9.17) is 21.5 Å². The predicted molar refractivity (Wildman–Crippen MR) is 58.7 cm³/mol. The highest BCUT2D eigenvalue weighted by molar-refractivity contribution is 6.31. The van der Waals surface area contributed by atoms with Crippen LogP contribution in [0.3, 0.4) is 0 Å². The molecule has 2 N–H and O–H groups in total. The van der Waals surface area contributed by atoms with Crippen molar-refractivity contribution < 1.29 is 19.1 Å². The monoisotopic (exact) mass is 257 g/mol. The lowest BCUT2D eigenvalue weighted by atomic mass is 9.85. The number of benzene rings is 1.